The van der Waals surface area contributed by atoms with Crippen LogP contribution in [0.25, 0.3) is 0 Å². The third-order valence-corrected chi connectivity index (χ3v) is 3.92. The van der Waals surface area contributed by atoms with E-state index in [0.717, 1.165) is 32.5 Å². The van der Waals surface area contributed by atoms with Gasteiger partial charge in [-0.1, -0.05) is 30.3 Å². The highest BCUT2D eigenvalue weighted by atomic mass is 16.3. The molecule has 1 saturated heterocycles. The maximum atomic E-state index is 9.03. The van der Waals surface area contributed by atoms with Crippen LogP contribution in [0.2, 0.25) is 0 Å². The summed E-state index contributed by atoms with van der Waals surface area (Å²) >= 11 is 0. The van der Waals surface area contributed by atoms with Crippen molar-refractivity contribution in [1.29, 1.82) is 0 Å². The Morgan fingerprint density at radius 2 is 2.11 bits per heavy atom. The van der Waals surface area contributed by atoms with Crippen LogP contribution in [0.15, 0.2) is 30.3 Å². The minimum atomic E-state index is 0.311. The van der Waals surface area contributed by atoms with E-state index in [1.807, 2.05) is 0 Å². The number of hydrogen-bond acceptors (Lipinski definition) is 3. The summed E-state index contributed by atoms with van der Waals surface area (Å²) in [6, 6.07) is 11.1. The van der Waals surface area contributed by atoms with Crippen molar-refractivity contribution in [3.63, 3.8) is 0 Å². The third-order valence-electron chi connectivity index (χ3n) is 3.92. The van der Waals surface area contributed by atoms with Crippen molar-refractivity contribution in [2.45, 2.75) is 25.3 Å². The molecule has 0 amide bonds. The van der Waals surface area contributed by atoms with Crippen molar-refractivity contribution < 1.29 is 5.11 Å². The van der Waals surface area contributed by atoms with Gasteiger partial charge in [0.05, 0.1) is 0 Å². The van der Waals surface area contributed by atoms with E-state index in [1.165, 1.54) is 12.0 Å². The largest absolute Gasteiger partial charge is 0.396 e. The molecule has 3 N–H and O–H groups in total. The smallest absolute Gasteiger partial charge is 0.0434 e. The van der Waals surface area contributed by atoms with Crippen molar-refractivity contribution in [3.05, 3.63) is 35.9 Å². The molecule has 0 aromatic heterocycles. The van der Waals surface area contributed by atoms with Crippen molar-refractivity contribution in [2.24, 2.45) is 11.7 Å². The average Bonchev–Trinajstić information content (AvgIpc) is 2.86. The molecule has 100 valence electrons. The number of likely N-dealkylation sites (tertiary alicyclic amines) is 1. The molecule has 2 rings (SSSR count). The first-order valence-corrected chi connectivity index (χ1v) is 6.95. The Kier molecular flexibility index (Phi) is 5.17. The van der Waals surface area contributed by atoms with Gasteiger partial charge in [0, 0.05) is 19.2 Å². The molecule has 1 heterocycles. The molecular weight excluding hydrogens is 224 g/mol. The van der Waals surface area contributed by atoms with Gasteiger partial charge in [0.1, 0.15) is 0 Å². The predicted octanol–water partition coefficient (Wildman–Crippen LogP) is 1.78. The lowest BCUT2D eigenvalue weighted by Gasteiger charge is -2.28. The normalized spacial score (nSPS) is 22.2. The van der Waals surface area contributed by atoms with Crippen molar-refractivity contribution in [1.82, 2.24) is 4.90 Å². The van der Waals surface area contributed by atoms with Crippen molar-refractivity contribution >= 4 is 0 Å². The topological polar surface area (TPSA) is 49.5 Å². The number of nitrogens with two attached hydrogens (primary N) is 1. The van der Waals surface area contributed by atoms with Crippen LogP contribution in [0.1, 0.15) is 30.9 Å². The standard InChI is InChI=1S/C15H24N2O/c16-9-6-15(14-4-2-1-3-5-14)17-10-7-13(12-17)8-11-18/h1-5,13,15,18H,6-12,16H2. The third kappa shape index (κ3) is 3.31. The number of aliphatic hydroxyl groups excluding tert-OH is 1. The summed E-state index contributed by atoms with van der Waals surface area (Å²) in [6.45, 7) is 3.26. The van der Waals surface area contributed by atoms with Crippen LogP contribution < -0.4 is 5.73 Å². The van der Waals surface area contributed by atoms with Crippen LogP contribution >= 0.6 is 0 Å². The molecule has 1 aliphatic rings. The minimum Gasteiger partial charge on any atom is -0.396 e. The molecule has 3 nitrogen and oxygen atoms in total. The first kappa shape index (κ1) is 13.5. The summed E-state index contributed by atoms with van der Waals surface area (Å²) in [5.41, 5.74) is 7.13. The van der Waals surface area contributed by atoms with E-state index in [1.54, 1.807) is 0 Å². The van der Waals surface area contributed by atoms with E-state index < -0.39 is 0 Å². The lowest BCUT2D eigenvalue weighted by molar-refractivity contribution is 0.213. The molecule has 1 fully saturated rings. The van der Waals surface area contributed by atoms with Gasteiger partial charge < -0.3 is 10.8 Å². The first-order valence-electron chi connectivity index (χ1n) is 6.95. The molecule has 0 saturated carbocycles. The van der Waals surface area contributed by atoms with E-state index in [9.17, 15) is 0 Å². The molecule has 2 atom stereocenters. The zero-order valence-electron chi connectivity index (χ0n) is 11.0. The molecule has 2 unspecified atom stereocenters. The van der Waals surface area contributed by atoms with E-state index in [4.69, 9.17) is 10.8 Å². The quantitative estimate of drug-likeness (QED) is 0.807. The second kappa shape index (κ2) is 6.88. The highest BCUT2D eigenvalue weighted by Gasteiger charge is 2.28. The molecule has 1 aromatic rings. The fourth-order valence-electron chi connectivity index (χ4n) is 2.96. The van der Waals surface area contributed by atoms with Crippen LogP contribution in [0, 0.1) is 5.92 Å². The SMILES string of the molecule is NCCC(c1ccccc1)N1CCC(CCO)C1. The molecule has 3 heteroatoms. The molecule has 18 heavy (non-hydrogen) atoms. The van der Waals surface area contributed by atoms with E-state index in [0.29, 0.717) is 18.6 Å². The Morgan fingerprint density at radius 1 is 1.33 bits per heavy atom. The molecule has 0 aliphatic carbocycles. The summed E-state index contributed by atoms with van der Waals surface area (Å²) in [5, 5.41) is 9.03. The van der Waals surface area contributed by atoms with Gasteiger partial charge >= 0.3 is 0 Å². The predicted molar refractivity (Wildman–Crippen MR) is 74.2 cm³/mol. The van der Waals surface area contributed by atoms with Crippen LogP contribution in [0.3, 0.4) is 0 Å². The van der Waals surface area contributed by atoms with Gasteiger partial charge in [0.25, 0.3) is 0 Å². The number of nitrogens with zero attached hydrogens (tertiary/aromatic N) is 1. The zero-order valence-corrected chi connectivity index (χ0v) is 11.0. The average molecular weight is 248 g/mol. The van der Waals surface area contributed by atoms with Gasteiger partial charge in [-0.05, 0) is 43.8 Å². The van der Waals surface area contributed by atoms with E-state index in [-0.39, 0.29) is 0 Å². The van der Waals surface area contributed by atoms with Gasteiger partial charge in [-0.3, -0.25) is 4.90 Å². The lowest BCUT2D eigenvalue weighted by Crippen LogP contribution is -2.28. The number of aliphatic hydroxyl groups is 1. The first-order chi connectivity index (χ1) is 8.85. The molecule has 0 spiro atoms. The summed E-state index contributed by atoms with van der Waals surface area (Å²) in [5.74, 6) is 0.652. The second-order valence-electron chi connectivity index (χ2n) is 5.17. The maximum absolute atomic E-state index is 9.03. The van der Waals surface area contributed by atoms with E-state index in [2.05, 4.69) is 35.2 Å². The molecular formula is C15H24N2O. The Hall–Kier alpha value is -0.900. The van der Waals surface area contributed by atoms with Crippen LogP contribution in [0.4, 0.5) is 0 Å². The van der Waals surface area contributed by atoms with Gasteiger partial charge in [-0.15, -0.1) is 0 Å². The molecule has 1 aromatic carbocycles. The Balaban J connectivity index is 2.03. The van der Waals surface area contributed by atoms with Gasteiger partial charge in [-0.25, -0.2) is 0 Å². The fourth-order valence-corrected chi connectivity index (χ4v) is 2.96. The zero-order chi connectivity index (χ0) is 12.8. The van der Waals surface area contributed by atoms with Crippen LogP contribution in [-0.2, 0) is 0 Å². The van der Waals surface area contributed by atoms with Gasteiger partial charge in [0.2, 0.25) is 0 Å². The summed E-state index contributed by atoms with van der Waals surface area (Å²) in [6.07, 6.45) is 3.14. The Bertz CT molecular complexity index is 342. The lowest BCUT2D eigenvalue weighted by atomic mass is 10.0. The van der Waals surface area contributed by atoms with Gasteiger partial charge in [0.15, 0.2) is 0 Å². The Morgan fingerprint density at radius 3 is 2.78 bits per heavy atom. The van der Waals surface area contributed by atoms with Crippen molar-refractivity contribution in [2.75, 3.05) is 26.2 Å². The number of benzene rings is 1. The van der Waals surface area contributed by atoms with Crippen molar-refractivity contribution in [3.8, 4) is 0 Å². The van der Waals surface area contributed by atoms with Gasteiger partial charge in [-0.2, -0.15) is 0 Å². The maximum Gasteiger partial charge on any atom is 0.0434 e. The number of hydrogen-bond donors (Lipinski definition) is 2. The highest BCUT2D eigenvalue weighted by molar-refractivity contribution is 5.19. The molecule has 1 aliphatic heterocycles. The second-order valence-corrected chi connectivity index (χ2v) is 5.17. The Labute approximate surface area is 110 Å². The fraction of sp³-hybridized carbons (Fsp3) is 0.600. The van der Waals surface area contributed by atoms with Crippen LogP contribution in [-0.4, -0.2) is 36.2 Å². The summed E-state index contributed by atoms with van der Waals surface area (Å²) in [7, 11) is 0. The monoisotopic (exact) mass is 248 g/mol. The van der Waals surface area contributed by atoms with E-state index >= 15 is 0 Å². The molecule has 0 radical (unpaired) electrons. The number of rotatable bonds is 6. The summed E-state index contributed by atoms with van der Waals surface area (Å²) in [4.78, 5) is 2.53. The summed E-state index contributed by atoms with van der Waals surface area (Å²) < 4.78 is 0. The minimum absolute atomic E-state index is 0.311. The highest BCUT2D eigenvalue weighted by Crippen LogP contribution is 2.30. The van der Waals surface area contributed by atoms with Crippen LogP contribution in [0.5, 0.6) is 0 Å². The molecule has 0 bridgehead atoms.